The van der Waals surface area contributed by atoms with Gasteiger partial charge in [0.1, 0.15) is 12.7 Å². The first-order chi connectivity index (χ1) is 10.6. The molecule has 2 rings (SSSR count). The predicted octanol–water partition coefficient (Wildman–Crippen LogP) is 2.17. The Hall–Kier alpha value is -1.72. The summed E-state index contributed by atoms with van der Waals surface area (Å²) in [6.07, 6.45) is 4.47. The molecule has 2 unspecified atom stereocenters. The summed E-state index contributed by atoms with van der Waals surface area (Å²) in [6.45, 7) is 7.33. The molecule has 0 aliphatic carbocycles. The van der Waals surface area contributed by atoms with Crippen LogP contribution in [-0.4, -0.2) is 45.3 Å². The second-order valence-corrected chi connectivity index (χ2v) is 6.01. The van der Waals surface area contributed by atoms with Crippen molar-refractivity contribution in [3.05, 3.63) is 48.5 Å². The number of aromatic nitrogens is 3. The highest BCUT2D eigenvalue weighted by Gasteiger charge is 2.10. The molecule has 5 nitrogen and oxygen atoms in total. The molecule has 1 aromatic heterocycles. The molecule has 0 aliphatic rings. The minimum atomic E-state index is 0.397. The highest BCUT2D eigenvalue weighted by Crippen LogP contribution is 2.08. The molecule has 0 saturated heterocycles. The molecule has 5 heteroatoms. The lowest BCUT2D eigenvalue weighted by Crippen LogP contribution is -2.36. The van der Waals surface area contributed by atoms with E-state index in [1.54, 1.807) is 12.7 Å². The third kappa shape index (κ3) is 5.58. The summed E-state index contributed by atoms with van der Waals surface area (Å²) in [5.41, 5.74) is 1.37. The van der Waals surface area contributed by atoms with E-state index in [1.165, 1.54) is 5.56 Å². The van der Waals surface area contributed by atoms with Gasteiger partial charge in [-0.3, -0.25) is 9.58 Å². The highest BCUT2D eigenvalue weighted by atomic mass is 15.3. The lowest BCUT2D eigenvalue weighted by Gasteiger charge is -2.25. The first kappa shape index (κ1) is 16.6. The van der Waals surface area contributed by atoms with Crippen molar-refractivity contribution in [3.8, 4) is 0 Å². The molecule has 0 amide bonds. The van der Waals surface area contributed by atoms with Crippen LogP contribution in [0, 0.1) is 0 Å². The van der Waals surface area contributed by atoms with Gasteiger partial charge in [0.15, 0.2) is 0 Å². The Bertz CT molecular complexity index is 511. The van der Waals surface area contributed by atoms with Crippen molar-refractivity contribution >= 4 is 0 Å². The monoisotopic (exact) mass is 301 g/mol. The van der Waals surface area contributed by atoms with E-state index < -0.39 is 0 Å². The van der Waals surface area contributed by atoms with Gasteiger partial charge in [-0.1, -0.05) is 30.3 Å². The van der Waals surface area contributed by atoms with Gasteiger partial charge in [-0.25, -0.2) is 4.98 Å². The molecule has 0 fully saturated rings. The molecule has 2 aromatic rings. The molecule has 0 saturated carbocycles. The first-order valence-electron chi connectivity index (χ1n) is 7.95. The molecule has 0 spiro atoms. The van der Waals surface area contributed by atoms with Crippen LogP contribution in [-0.2, 0) is 13.1 Å². The van der Waals surface area contributed by atoms with Crippen molar-refractivity contribution in [2.75, 3.05) is 13.6 Å². The summed E-state index contributed by atoms with van der Waals surface area (Å²) in [7, 11) is 2.19. The summed E-state index contributed by atoms with van der Waals surface area (Å²) in [5.74, 6) is 0. The average Bonchev–Trinajstić information content (AvgIpc) is 3.01. The van der Waals surface area contributed by atoms with E-state index in [4.69, 9.17) is 0 Å². The van der Waals surface area contributed by atoms with Crippen molar-refractivity contribution in [2.24, 2.45) is 0 Å². The van der Waals surface area contributed by atoms with Crippen molar-refractivity contribution < 1.29 is 0 Å². The SMILES string of the molecule is CC(Cn1cncn1)NCCC(C)N(C)Cc1ccccc1. The quantitative estimate of drug-likeness (QED) is 0.771. The summed E-state index contributed by atoms with van der Waals surface area (Å²) >= 11 is 0. The maximum atomic E-state index is 4.13. The van der Waals surface area contributed by atoms with Crippen LogP contribution in [0.1, 0.15) is 25.8 Å². The second kappa shape index (κ2) is 8.66. The summed E-state index contributed by atoms with van der Waals surface area (Å²) in [5, 5.41) is 7.69. The van der Waals surface area contributed by atoms with E-state index in [9.17, 15) is 0 Å². The number of hydrogen-bond acceptors (Lipinski definition) is 4. The molecule has 0 bridgehead atoms. The molecule has 2 atom stereocenters. The third-order valence-corrected chi connectivity index (χ3v) is 4.01. The molecule has 1 heterocycles. The van der Waals surface area contributed by atoms with Gasteiger partial charge in [0.2, 0.25) is 0 Å². The maximum absolute atomic E-state index is 4.13. The molecule has 0 aliphatic heterocycles. The van der Waals surface area contributed by atoms with Crippen LogP contribution in [0.15, 0.2) is 43.0 Å². The predicted molar refractivity (Wildman–Crippen MR) is 89.5 cm³/mol. The number of benzene rings is 1. The number of hydrogen-bond donors (Lipinski definition) is 1. The van der Waals surface area contributed by atoms with Crippen LogP contribution in [0.2, 0.25) is 0 Å². The van der Waals surface area contributed by atoms with Gasteiger partial charge in [-0.2, -0.15) is 5.10 Å². The maximum Gasteiger partial charge on any atom is 0.137 e. The van der Waals surface area contributed by atoms with Crippen LogP contribution in [0.4, 0.5) is 0 Å². The lowest BCUT2D eigenvalue weighted by molar-refractivity contribution is 0.234. The zero-order valence-electron chi connectivity index (χ0n) is 13.8. The van der Waals surface area contributed by atoms with Gasteiger partial charge in [-0.05, 0) is 39.4 Å². The van der Waals surface area contributed by atoms with Crippen LogP contribution < -0.4 is 5.32 Å². The molecule has 1 aromatic carbocycles. The zero-order chi connectivity index (χ0) is 15.8. The standard InChI is InChI=1S/C17H27N5/c1-15(11-22-14-18-13-20-22)19-10-9-16(2)21(3)12-17-7-5-4-6-8-17/h4-8,13-16,19H,9-12H2,1-3H3. The molecule has 120 valence electrons. The molecule has 1 N–H and O–H groups in total. The van der Waals surface area contributed by atoms with Crippen LogP contribution >= 0.6 is 0 Å². The van der Waals surface area contributed by atoms with Crippen molar-refractivity contribution in [2.45, 2.75) is 45.4 Å². The highest BCUT2D eigenvalue weighted by molar-refractivity contribution is 5.14. The fraction of sp³-hybridized carbons (Fsp3) is 0.529. The van der Waals surface area contributed by atoms with Gasteiger partial charge < -0.3 is 5.32 Å². The summed E-state index contributed by atoms with van der Waals surface area (Å²) in [4.78, 5) is 6.37. The van der Waals surface area contributed by atoms with Gasteiger partial charge >= 0.3 is 0 Å². The molecular weight excluding hydrogens is 274 g/mol. The fourth-order valence-electron chi connectivity index (χ4n) is 2.46. The number of rotatable bonds is 9. The van der Waals surface area contributed by atoms with E-state index in [-0.39, 0.29) is 0 Å². The van der Waals surface area contributed by atoms with E-state index >= 15 is 0 Å². The molecule has 22 heavy (non-hydrogen) atoms. The Labute approximate surface area is 133 Å². The van der Waals surface area contributed by atoms with Crippen LogP contribution in [0.5, 0.6) is 0 Å². The first-order valence-corrected chi connectivity index (χ1v) is 7.95. The normalized spacial score (nSPS) is 14.2. The molecular formula is C17H27N5. The minimum Gasteiger partial charge on any atom is -0.312 e. The van der Waals surface area contributed by atoms with Crippen LogP contribution in [0.25, 0.3) is 0 Å². The lowest BCUT2D eigenvalue weighted by atomic mass is 10.1. The topological polar surface area (TPSA) is 46.0 Å². The van der Waals surface area contributed by atoms with Gasteiger partial charge in [-0.15, -0.1) is 0 Å². The van der Waals surface area contributed by atoms with Crippen LogP contribution in [0.3, 0.4) is 0 Å². The Kier molecular flexibility index (Phi) is 6.55. The van der Waals surface area contributed by atoms with E-state index in [1.807, 2.05) is 4.68 Å². The number of nitrogens with one attached hydrogen (secondary N) is 1. The van der Waals surface area contributed by atoms with E-state index in [0.29, 0.717) is 12.1 Å². The second-order valence-electron chi connectivity index (χ2n) is 6.01. The van der Waals surface area contributed by atoms with E-state index in [0.717, 1.165) is 26.1 Å². The smallest absolute Gasteiger partial charge is 0.137 e. The van der Waals surface area contributed by atoms with Crippen molar-refractivity contribution in [3.63, 3.8) is 0 Å². The third-order valence-electron chi connectivity index (χ3n) is 4.01. The Morgan fingerprint density at radius 3 is 2.68 bits per heavy atom. The van der Waals surface area contributed by atoms with Crippen molar-refractivity contribution in [1.29, 1.82) is 0 Å². The van der Waals surface area contributed by atoms with E-state index in [2.05, 4.69) is 71.5 Å². The Morgan fingerprint density at radius 1 is 1.23 bits per heavy atom. The summed E-state index contributed by atoms with van der Waals surface area (Å²) in [6, 6.07) is 11.6. The Balaban J connectivity index is 1.65. The zero-order valence-corrected chi connectivity index (χ0v) is 13.8. The Morgan fingerprint density at radius 2 is 2.00 bits per heavy atom. The number of nitrogens with zero attached hydrogens (tertiary/aromatic N) is 4. The fourth-order valence-corrected chi connectivity index (χ4v) is 2.46. The van der Waals surface area contributed by atoms with Gasteiger partial charge in [0, 0.05) is 18.6 Å². The molecule has 0 radical (unpaired) electrons. The van der Waals surface area contributed by atoms with Gasteiger partial charge in [0.25, 0.3) is 0 Å². The summed E-state index contributed by atoms with van der Waals surface area (Å²) < 4.78 is 1.86. The average molecular weight is 301 g/mol. The van der Waals surface area contributed by atoms with Crippen molar-refractivity contribution in [1.82, 2.24) is 25.0 Å². The minimum absolute atomic E-state index is 0.397. The van der Waals surface area contributed by atoms with Gasteiger partial charge in [0.05, 0.1) is 6.54 Å². The largest absolute Gasteiger partial charge is 0.312 e.